The normalized spacial score (nSPS) is 14.5. The number of carbonyl (C=O) groups is 1. The van der Waals surface area contributed by atoms with Gasteiger partial charge in [0.15, 0.2) is 10.8 Å². The largest absolute Gasteiger partial charge is 0.324 e. The number of nitrogens with two attached hydrogens (primary N) is 1. The van der Waals surface area contributed by atoms with Gasteiger partial charge in [-0.2, -0.15) is 4.98 Å². The third kappa shape index (κ3) is 5.15. The third-order valence-electron chi connectivity index (χ3n) is 6.71. The number of rotatable bonds is 7. The zero-order valence-electron chi connectivity index (χ0n) is 21.0. The van der Waals surface area contributed by atoms with E-state index in [1.165, 1.54) is 53.8 Å². The average molecular weight is 614 g/mol. The first-order chi connectivity index (χ1) is 19.1. The fourth-order valence-electron chi connectivity index (χ4n) is 4.60. The highest BCUT2D eigenvalue weighted by atomic mass is 35.5. The van der Waals surface area contributed by atoms with Gasteiger partial charge in [0, 0.05) is 5.39 Å². The van der Waals surface area contributed by atoms with Crippen LogP contribution in [0.1, 0.15) is 31.2 Å². The first kappa shape index (κ1) is 27.0. The Hall–Kier alpha value is -3.22. The lowest BCUT2D eigenvalue weighted by Crippen LogP contribution is -2.23. The molecule has 0 aliphatic heterocycles. The van der Waals surface area contributed by atoms with E-state index in [9.17, 15) is 13.2 Å². The van der Waals surface area contributed by atoms with Crippen molar-refractivity contribution >= 4 is 78.5 Å². The molecule has 1 saturated carbocycles. The summed E-state index contributed by atoms with van der Waals surface area (Å²) < 4.78 is 25.1. The van der Waals surface area contributed by atoms with Crippen LogP contribution in [0, 0.1) is 0 Å². The highest BCUT2D eigenvalue weighted by Crippen LogP contribution is 2.44. The van der Waals surface area contributed by atoms with Crippen molar-refractivity contribution in [2.45, 2.75) is 41.0 Å². The number of anilines is 1. The summed E-state index contributed by atoms with van der Waals surface area (Å²) in [7, 11) is -3.93. The number of hydrogen-bond acceptors (Lipinski definition) is 7. The molecule has 3 N–H and O–H groups in total. The Kier molecular flexibility index (Phi) is 6.96. The summed E-state index contributed by atoms with van der Waals surface area (Å²) in [6.07, 6.45) is 3.93. The van der Waals surface area contributed by atoms with Crippen LogP contribution in [-0.4, -0.2) is 39.1 Å². The van der Waals surface area contributed by atoms with E-state index in [1.54, 1.807) is 13.1 Å². The zero-order chi connectivity index (χ0) is 28.2. The molecule has 2 heterocycles. The zero-order valence-corrected chi connectivity index (χ0v) is 24.2. The number of nitrogens with zero attached hydrogens (tertiary/aromatic N) is 4. The topological polar surface area (TPSA) is 133 Å². The van der Waals surface area contributed by atoms with Crippen LogP contribution in [0.25, 0.3) is 27.6 Å². The van der Waals surface area contributed by atoms with Crippen molar-refractivity contribution in [2.24, 2.45) is 5.14 Å². The number of sulfonamides is 1. The molecule has 1 fully saturated rings. The van der Waals surface area contributed by atoms with E-state index in [0.29, 0.717) is 22.2 Å². The minimum Gasteiger partial charge on any atom is -0.324 e. The molecule has 204 valence electrons. The number of benzene rings is 3. The van der Waals surface area contributed by atoms with Crippen molar-refractivity contribution in [3.63, 3.8) is 0 Å². The van der Waals surface area contributed by atoms with Crippen LogP contribution in [-0.2, 0) is 14.8 Å². The molecular weight excluding hydrogens is 591 g/mol. The summed E-state index contributed by atoms with van der Waals surface area (Å²) in [5.74, 6) is 0.214. The monoisotopic (exact) mass is 612 g/mol. The molecule has 1 aliphatic rings. The quantitative estimate of drug-likeness (QED) is 0.172. The van der Waals surface area contributed by atoms with Gasteiger partial charge in [0.25, 0.3) is 0 Å². The molecule has 3 aromatic carbocycles. The van der Waals surface area contributed by atoms with Gasteiger partial charge < -0.3 is 5.32 Å². The molecule has 1 amide bonds. The van der Waals surface area contributed by atoms with E-state index in [2.05, 4.69) is 39.6 Å². The first-order valence-corrected chi connectivity index (χ1v) is 15.5. The maximum Gasteiger partial charge on any atom is 0.238 e. The van der Waals surface area contributed by atoms with Gasteiger partial charge in [-0.1, -0.05) is 53.7 Å². The van der Waals surface area contributed by atoms with Crippen molar-refractivity contribution in [1.29, 1.82) is 0 Å². The number of aromatic nitrogens is 4. The Morgan fingerprint density at radius 1 is 1.10 bits per heavy atom. The summed E-state index contributed by atoms with van der Waals surface area (Å²) in [6.45, 7) is 1.74. The predicted molar refractivity (Wildman–Crippen MR) is 158 cm³/mol. The van der Waals surface area contributed by atoms with E-state index >= 15 is 0 Å². The fourth-order valence-corrected chi connectivity index (χ4v) is 6.49. The second-order valence-corrected chi connectivity index (χ2v) is 13.1. The number of primary sulfonamides is 1. The molecule has 2 aromatic heterocycles. The van der Waals surface area contributed by atoms with Crippen LogP contribution in [0.3, 0.4) is 0 Å². The van der Waals surface area contributed by atoms with Crippen LogP contribution in [0.15, 0.2) is 70.8 Å². The Balaban J connectivity index is 1.37. The molecule has 6 rings (SSSR count). The molecule has 13 heteroatoms. The first-order valence-electron chi connectivity index (χ1n) is 12.3. The molecule has 1 atom stereocenters. The van der Waals surface area contributed by atoms with Gasteiger partial charge in [-0.25, -0.2) is 23.5 Å². The Labute approximate surface area is 244 Å². The Bertz CT molecular complexity index is 1930. The molecule has 0 radical (unpaired) electrons. The summed E-state index contributed by atoms with van der Waals surface area (Å²) in [4.78, 5) is 26.4. The lowest BCUT2D eigenvalue weighted by Gasteiger charge is -2.16. The van der Waals surface area contributed by atoms with E-state index < -0.39 is 15.3 Å². The van der Waals surface area contributed by atoms with Crippen LogP contribution in [0.5, 0.6) is 0 Å². The van der Waals surface area contributed by atoms with Crippen LogP contribution >= 0.6 is 35.0 Å². The van der Waals surface area contributed by atoms with Gasteiger partial charge in [0.1, 0.15) is 5.52 Å². The van der Waals surface area contributed by atoms with Crippen molar-refractivity contribution < 1.29 is 13.2 Å². The van der Waals surface area contributed by atoms with E-state index in [-0.39, 0.29) is 26.8 Å². The van der Waals surface area contributed by atoms with Crippen LogP contribution in [0.4, 0.5) is 5.69 Å². The SMILES string of the molecule is CC(Sc1nc2cnc(Cl)nc2n1-c1ccc(C2CC2)c2ccccc12)C(=O)Nc1ccc(S(N)(=O)=O)cc1Cl. The van der Waals surface area contributed by atoms with Crippen molar-refractivity contribution in [3.8, 4) is 5.69 Å². The van der Waals surface area contributed by atoms with Crippen molar-refractivity contribution in [3.05, 3.63) is 76.7 Å². The lowest BCUT2D eigenvalue weighted by molar-refractivity contribution is -0.115. The van der Waals surface area contributed by atoms with Gasteiger partial charge >= 0.3 is 0 Å². The van der Waals surface area contributed by atoms with Gasteiger partial charge in [-0.3, -0.25) is 9.36 Å². The van der Waals surface area contributed by atoms with E-state index in [4.69, 9.17) is 33.3 Å². The molecule has 9 nitrogen and oxygen atoms in total. The highest BCUT2D eigenvalue weighted by Gasteiger charge is 2.27. The maximum absolute atomic E-state index is 13.2. The summed E-state index contributed by atoms with van der Waals surface area (Å²) >= 11 is 13.7. The maximum atomic E-state index is 13.2. The second kappa shape index (κ2) is 10.3. The lowest BCUT2D eigenvalue weighted by atomic mass is 9.99. The standard InChI is InChI=1S/C27H22Cl2N6O3S2/c1-14(25(36)32-21-10-8-16(12-20(21)28)40(30,37)38)39-27-33-22-13-31-26(29)34-24(22)35(27)23-11-9-17(15-6-7-15)18-4-2-3-5-19(18)23/h2-5,8-15H,6-7H2,1H3,(H,32,36)(H2,30,37,38). The molecular formula is C27H22Cl2N6O3S2. The number of thioether (sulfide) groups is 1. The smallest absolute Gasteiger partial charge is 0.238 e. The van der Waals surface area contributed by atoms with Gasteiger partial charge in [-0.05, 0) is 72.5 Å². The average Bonchev–Trinajstić information content (AvgIpc) is 3.70. The number of imidazole rings is 1. The number of halogens is 2. The summed E-state index contributed by atoms with van der Waals surface area (Å²) in [5, 5.41) is 10.2. The molecule has 40 heavy (non-hydrogen) atoms. The van der Waals surface area contributed by atoms with Crippen LogP contribution < -0.4 is 10.5 Å². The summed E-state index contributed by atoms with van der Waals surface area (Å²) in [5.41, 5.74) is 3.52. The van der Waals surface area contributed by atoms with Gasteiger partial charge in [0.2, 0.25) is 21.2 Å². The molecule has 0 bridgehead atoms. The molecule has 0 saturated heterocycles. The summed E-state index contributed by atoms with van der Waals surface area (Å²) in [6, 6.07) is 16.3. The highest BCUT2D eigenvalue weighted by molar-refractivity contribution is 8.00. The van der Waals surface area contributed by atoms with E-state index in [0.717, 1.165) is 11.1 Å². The minimum atomic E-state index is -3.93. The van der Waals surface area contributed by atoms with Gasteiger partial charge in [-0.15, -0.1) is 0 Å². The molecule has 5 aromatic rings. The second-order valence-electron chi connectivity index (χ2n) is 9.51. The van der Waals surface area contributed by atoms with Crippen molar-refractivity contribution in [2.75, 3.05) is 5.32 Å². The van der Waals surface area contributed by atoms with E-state index in [1.807, 2.05) is 16.7 Å². The molecule has 1 aliphatic carbocycles. The van der Waals surface area contributed by atoms with Crippen LogP contribution in [0.2, 0.25) is 10.3 Å². The minimum absolute atomic E-state index is 0.0523. The number of carbonyl (C=O) groups excluding carboxylic acids is 1. The number of amides is 1. The number of hydrogen-bond donors (Lipinski definition) is 2. The molecule has 0 spiro atoms. The predicted octanol–water partition coefficient (Wildman–Crippen LogP) is 5.92. The Morgan fingerprint density at radius 2 is 1.85 bits per heavy atom. The van der Waals surface area contributed by atoms with Crippen molar-refractivity contribution in [1.82, 2.24) is 19.5 Å². The van der Waals surface area contributed by atoms with Gasteiger partial charge in [0.05, 0.1) is 32.7 Å². The molecule has 1 unspecified atom stereocenters. The Morgan fingerprint density at radius 3 is 2.55 bits per heavy atom. The fraction of sp³-hybridized carbons (Fsp3) is 0.185. The third-order valence-corrected chi connectivity index (χ3v) is 9.17. The number of nitrogens with one attached hydrogen (secondary N) is 1. The number of fused-ring (bicyclic) bond motifs is 2.